The SMILES string of the molecule is CCCCCC1CCC(C2CCC(C3CCC(COC4CCC(C)CC4F)CC3)C(F)C2F)CC1. The molecule has 7 unspecified atom stereocenters. The monoisotopic (exact) mass is 498 g/mol. The van der Waals surface area contributed by atoms with Gasteiger partial charge in [-0.3, -0.25) is 0 Å². The highest BCUT2D eigenvalue weighted by atomic mass is 19.2. The van der Waals surface area contributed by atoms with E-state index in [2.05, 4.69) is 13.8 Å². The summed E-state index contributed by atoms with van der Waals surface area (Å²) in [5.74, 6) is 2.33. The van der Waals surface area contributed by atoms with Gasteiger partial charge in [0, 0.05) is 6.61 Å². The molecule has 204 valence electrons. The Kier molecular flexibility index (Phi) is 10.7. The third-order valence-corrected chi connectivity index (χ3v) is 10.7. The molecule has 0 aliphatic heterocycles. The molecule has 4 heteroatoms. The quantitative estimate of drug-likeness (QED) is 0.288. The van der Waals surface area contributed by atoms with Crippen LogP contribution >= 0.6 is 0 Å². The maximum atomic E-state index is 15.4. The summed E-state index contributed by atoms with van der Waals surface area (Å²) in [6, 6.07) is 0. The van der Waals surface area contributed by atoms with Crippen LogP contribution in [0.2, 0.25) is 0 Å². The molecule has 0 radical (unpaired) electrons. The zero-order valence-electron chi connectivity index (χ0n) is 22.6. The van der Waals surface area contributed by atoms with E-state index < -0.39 is 18.5 Å². The van der Waals surface area contributed by atoms with Crippen molar-refractivity contribution in [3.63, 3.8) is 0 Å². The van der Waals surface area contributed by atoms with Crippen molar-refractivity contribution in [3.8, 4) is 0 Å². The largest absolute Gasteiger partial charge is 0.375 e. The van der Waals surface area contributed by atoms with Gasteiger partial charge in [0.05, 0.1) is 6.10 Å². The van der Waals surface area contributed by atoms with Crippen LogP contribution in [0.15, 0.2) is 0 Å². The predicted molar refractivity (Wildman–Crippen MR) is 139 cm³/mol. The van der Waals surface area contributed by atoms with Gasteiger partial charge in [-0.1, -0.05) is 52.4 Å². The maximum Gasteiger partial charge on any atom is 0.134 e. The fourth-order valence-electron chi connectivity index (χ4n) is 8.27. The maximum absolute atomic E-state index is 15.4. The van der Waals surface area contributed by atoms with Crippen LogP contribution in [0, 0.1) is 41.4 Å². The van der Waals surface area contributed by atoms with Gasteiger partial charge in [0.1, 0.15) is 18.5 Å². The van der Waals surface area contributed by atoms with Gasteiger partial charge in [0.25, 0.3) is 0 Å². The zero-order chi connectivity index (χ0) is 24.8. The Morgan fingerprint density at radius 3 is 1.77 bits per heavy atom. The number of ether oxygens (including phenoxy) is 1. The van der Waals surface area contributed by atoms with Crippen molar-refractivity contribution >= 4 is 0 Å². The highest BCUT2D eigenvalue weighted by Crippen LogP contribution is 2.48. The van der Waals surface area contributed by atoms with Gasteiger partial charge in [0.15, 0.2) is 0 Å². The summed E-state index contributed by atoms with van der Waals surface area (Å²) in [6.45, 7) is 5.02. The summed E-state index contributed by atoms with van der Waals surface area (Å²) in [7, 11) is 0. The predicted octanol–water partition coefficient (Wildman–Crippen LogP) is 9.43. The molecule has 0 heterocycles. The second-order valence-electron chi connectivity index (χ2n) is 13.2. The lowest BCUT2D eigenvalue weighted by Gasteiger charge is -2.44. The standard InChI is InChI=1S/C31H53F3O/c1-3-4-5-6-22-8-12-24(13-9-22)26-16-17-27(31(34)30(26)33)25-14-10-23(11-15-25)20-35-29-18-7-21(2)19-28(29)32/h21-31H,3-20H2,1-2H3. The first-order valence-corrected chi connectivity index (χ1v) is 15.5. The Hall–Kier alpha value is -0.250. The molecule has 0 aromatic heterocycles. The van der Waals surface area contributed by atoms with E-state index in [1.807, 2.05) is 0 Å². The van der Waals surface area contributed by atoms with Crippen LogP contribution in [-0.4, -0.2) is 31.2 Å². The van der Waals surface area contributed by atoms with Crippen molar-refractivity contribution in [2.45, 2.75) is 148 Å². The second-order valence-corrected chi connectivity index (χ2v) is 13.2. The van der Waals surface area contributed by atoms with Crippen LogP contribution in [0.4, 0.5) is 13.2 Å². The Morgan fingerprint density at radius 2 is 1.23 bits per heavy atom. The lowest BCUT2D eigenvalue weighted by molar-refractivity contribution is -0.0607. The molecule has 4 aliphatic carbocycles. The summed E-state index contributed by atoms with van der Waals surface area (Å²) >= 11 is 0. The van der Waals surface area contributed by atoms with Crippen LogP contribution in [0.3, 0.4) is 0 Å². The molecule has 0 N–H and O–H groups in total. The van der Waals surface area contributed by atoms with E-state index in [0.717, 1.165) is 70.1 Å². The zero-order valence-corrected chi connectivity index (χ0v) is 22.6. The van der Waals surface area contributed by atoms with E-state index in [-0.39, 0.29) is 17.9 Å². The molecule has 4 rings (SSSR count). The van der Waals surface area contributed by atoms with Crippen LogP contribution in [0.1, 0.15) is 123 Å². The number of hydrogen-bond acceptors (Lipinski definition) is 1. The normalized spacial score (nSPS) is 45.3. The van der Waals surface area contributed by atoms with Crippen LogP contribution in [0.25, 0.3) is 0 Å². The first kappa shape index (κ1) is 27.8. The van der Waals surface area contributed by atoms with Crippen LogP contribution in [-0.2, 0) is 4.74 Å². The minimum Gasteiger partial charge on any atom is -0.375 e. The Bertz CT molecular complexity index is 598. The Balaban J connectivity index is 1.16. The molecule has 0 bridgehead atoms. The van der Waals surface area contributed by atoms with Crippen molar-refractivity contribution in [1.29, 1.82) is 0 Å². The minimum atomic E-state index is -1.27. The Morgan fingerprint density at radius 1 is 0.657 bits per heavy atom. The Labute approximate surface area is 213 Å². The molecule has 7 atom stereocenters. The van der Waals surface area contributed by atoms with Crippen molar-refractivity contribution in [2.75, 3.05) is 6.61 Å². The number of halogens is 3. The summed E-state index contributed by atoms with van der Waals surface area (Å²) in [5.41, 5.74) is 0. The number of alkyl halides is 3. The molecule has 35 heavy (non-hydrogen) atoms. The summed E-state index contributed by atoms with van der Waals surface area (Å²) in [5, 5.41) is 0. The first-order chi connectivity index (χ1) is 17.0. The fraction of sp³-hybridized carbons (Fsp3) is 1.00. The molecule has 0 spiro atoms. The van der Waals surface area contributed by atoms with Crippen molar-refractivity contribution < 1.29 is 17.9 Å². The topological polar surface area (TPSA) is 9.23 Å². The van der Waals surface area contributed by atoms with Gasteiger partial charge >= 0.3 is 0 Å². The van der Waals surface area contributed by atoms with E-state index in [4.69, 9.17) is 4.74 Å². The molecule has 4 saturated carbocycles. The molecule has 4 aliphatic rings. The van der Waals surface area contributed by atoms with Gasteiger partial charge < -0.3 is 4.74 Å². The van der Waals surface area contributed by atoms with E-state index in [9.17, 15) is 4.39 Å². The number of unbranched alkanes of at least 4 members (excludes halogenated alkanes) is 2. The van der Waals surface area contributed by atoms with Gasteiger partial charge in [-0.05, 0) is 112 Å². The third kappa shape index (κ3) is 7.41. The summed E-state index contributed by atoms with van der Waals surface area (Å²) in [6.07, 6.45) is 14.7. The highest BCUT2D eigenvalue weighted by molar-refractivity contribution is 4.95. The average molecular weight is 499 g/mol. The van der Waals surface area contributed by atoms with Gasteiger partial charge in [-0.2, -0.15) is 0 Å². The van der Waals surface area contributed by atoms with E-state index in [1.165, 1.54) is 38.5 Å². The summed E-state index contributed by atoms with van der Waals surface area (Å²) < 4.78 is 51.1. The van der Waals surface area contributed by atoms with Crippen LogP contribution in [0.5, 0.6) is 0 Å². The lowest BCUT2D eigenvalue weighted by atomic mass is 9.63. The first-order valence-electron chi connectivity index (χ1n) is 15.5. The molecule has 4 fully saturated rings. The van der Waals surface area contributed by atoms with Gasteiger partial charge in [-0.25, -0.2) is 13.2 Å². The van der Waals surface area contributed by atoms with E-state index in [1.54, 1.807) is 0 Å². The molecule has 0 aromatic rings. The fourth-order valence-corrected chi connectivity index (χ4v) is 8.27. The van der Waals surface area contributed by atoms with Gasteiger partial charge in [-0.15, -0.1) is 0 Å². The molecular formula is C31H53F3O. The van der Waals surface area contributed by atoms with Gasteiger partial charge in [0.2, 0.25) is 0 Å². The lowest BCUT2D eigenvalue weighted by Crippen LogP contribution is -2.45. The van der Waals surface area contributed by atoms with Crippen LogP contribution < -0.4 is 0 Å². The molecule has 1 nitrogen and oxygen atoms in total. The number of hydrogen-bond donors (Lipinski definition) is 0. The summed E-state index contributed by atoms with van der Waals surface area (Å²) in [4.78, 5) is 0. The van der Waals surface area contributed by atoms with Crippen molar-refractivity contribution in [3.05, 3.63) is 0 Å². The highest BCUT2D eigenvalue weighted by Gasteiger charge is 2.46. The second kappa shape index (κ2) is 13.5. The van der Waals surface area contributed by atoms with E-state index in [0.29, 0.717) is 36.7 Å². The minimum absolute atomic E-state index is 0.0468. The molecule has 0 aromatic carbocycles. The van der Waals surface area contributed by atoms with Crippen molar-refractivity contribution in [2.24, 2.45) is 41.4 Å². The molecule has 0 saturated heterocycles. The third-order valence-electron chi connectivity index (χ3n) is 10.7. The number of rotatable bonds is 9. The average Bonchev–Trinajstić information content (AvgIpc) is 2.86. The molecule has 0 amide bonds. The molecular weight excluding hydrogens is 445 g/mol. The smallest absolute Gasteiger partial charge is 0.134 e. The van der Waals surface area contributed by atoms with Crippen molar-refractivity contribution in [1.82, 2.24) is 0 Å². The van der Waals surface area contributed by atoms with E-state index >= 15 is 8.78 Å².